The topological polar surface area (TPSA) is 26.3 Å². The summed E-state index contributed by atoms with van der Waals surface area (Å²) in [6, 6.07) is 13.6. The molecule has 0 amide bonds. The van der Waals surface area contributed by atoms with Crippen molar-refractivity contribution in [2.45, 2.75) is 35.1 Å². The minimum atomic E-state index is -0.163. The number of carbonyl (C=O) groups is 1. The fourth-order valence-corrected chi connectivity index (χ4v) is 1.66. The average Bonchev–Trinajstić information content (AvgIpc) is 2.38. The van der Waals surface area contributed by atoms with Gasteiger partial charge >= 0.3 is 5.97 Å². The normalized spacial score (nSPS) is 11.1. The molecular weight excluding hydrogens is 236 g/mol. The first kappa shape index (κ1) is 17.2. The number of benzene rings is 2. The Balaban J connectivity index is 0.00000162. The number of rotatable bonds is 3. The quantitative estimate of drug-likeness (QED) is 0.569. The van der Waals surface area contributed by atoms with Crippen molar-refractivity contribution in [2.24, 2.45) is 5.92 Å². The smallest absolute Gasteiger partial charge is 0.314 e. The minimum Gasteiger partial charge on any atom is -0.426 e. The van der Waals surface area contributed by atoms with Gasteiger partial charge in [-0.05, 0) is 17.9 Å². The zero-order valence-electron chi connectivity index (χ0n) is 10.1. The molecule has 19 heavy (non-hydrogen) atoms. The van der Waals surface area contributed by atoms with Crippen LogP contribution in [0.4, 0.5) is 0 Å². The number of fused-ring (bicyclic) bond motifs is 1. The highest BCUT2D eigenvalue weighted by atomic mass is 16.5. The fraction of sp³-hybridized carbons (Fsp3) is 0.353. The highest BCUT2D eigenvalue weighted by Crippen LogP contribution is 2.25. The first-order chi connectivity index (χ1) is 8.22. The highest BCUT2D eigenvalue weighted by Gasteiger charge is 2.14. The number of hydrogen-bond donors (Lipinski definition) is 0. The van der Waals surface area contributed by atoms with Crippen LogP contribution in [0.1, 0.15) is 35.1 Å². The molecule has 1 atom stereocenters. The van der Waals surface area contributed by atoms with Crippen LogP contribution in [-0.2, 0) is 4.79 Å². The van der Waals surface area contributed by atoms with Gasteiger partial charge in [0.25, 0.3) is 0 Å². The third kappa shape index (κ3) is 3.82. The maximum absolute atomic E-state index is 11.8. The van der Waals surface area contributed by atoms with E-state index in [1.165, 1.54) is 0 Å². The first-order valence-corrected chi connectivity index (χ1v) is 5.92. The van der Waals surface area contributed by atoms with Crippen molar-refractivity contribution >= 4 is 16.7 Å². The van der Waals surface area contributed by atoms with Gasteiger partial charge < -0.3 is 4.74 Å². The Bertz CT molecular complexity index is 526. The molecule has 0 saturated carbocycles. The summed E-state index contributed by atoms with van der Waals surface area (Å²) in [5.74, 6) is 0.422. The van der Waals surface area contributed by atoms with Crippen molar-refractivity contribution in [3.8, 4) is 5.75 Å². The lowest BCUT2D eigenvalue weighted by atomic mass is 10.1. The Morgan fingerprint density at radius 3 is 2.42 bits per heavy atom. The standard InChI is InChI=1S/C15H16O2.2CH4/c1-3-11(2)15(16)17-14-10-6-8-12-7-4-5-9-13(12)14;;/h4-11H,3H2,1-2H3;2*1H4. The molecule has 0 aromatic heterocycles. The molecule has 2 rings (SSSR count). The number of carbonyl (C=O) groups excluding carboxylic acids is 1. The Morgan fingerprint density at radius 1 is 1.11 bits per heavy atom. The van der Waals surface area contributed by atoms with Crippen LogP contribution in [0, 0.1) is 5.92 Å². The summed E-state index contributed by atoms with van der Waals surface area (Å²) in [4.78, 5) is 11.8. The van der Waals surface area contributed by atoms with Crippen molar-refractivity contribution in [1.29, 1.82) is 0 Å². The van der Waals surface area contributed by atoms with Gasteiger partial charge in [-0.3, -0.25) is 4.79 Å². The lowest BCUT2D eigenvalue weighted by molar-refractivity contribution is -0.138. The Labute approximate surface area is 116 Å². The second-order valence-corrected chi connectivity index (χ2v) is 4.21. The monoisotopic (exact) mass is 260 g/mol. The molecule has 0 fully saturated rings. The van der Waals surface area contributed by atoms with E-state index in [1.807, 2.05) is 56.3 Å². The molecule has 1 unspecified atom stereocenters. The number of hydrogen-bond acceptors (Lipinski definition) is 2. The van der Waals surface area contributed by atoms with Gasteiger partial charge in [-0.25, -0.2) is 0 Å². The molecule has 2 aromatic rings. The lowest BCUT2D eigenvalue weighted by Crippen LogP contribution is -2.17. The van der Waals surface area contributed by atoms with E-state index in [0.29, 0.717) is 5.75 Å². The van der Waals surface area contributed by atoms with E-state index in [4.69, 9.17) is 4.74 Å². The van der Waals surface area contributed by atoms with E-state index >= 15 is 0 Å². The molecule has 104 valence electrons. The minimum absolute atomic E-state index is 0. The summed E-state index contributed by atoms with van der Waals surface area (Å²) in [6.07, 6.45) is 0.795. The van der Waals surface area contributed by atoms with Crippen molar-refractivity contribution < 1.29 is 9.53 Å². The van der Waals surface area contributed by atoms with Crippen LogP contribution < -0.4 is 4.74 Å². The predicted octanol–water partition coefficient (Wildman–Crippen LogP) is 5.06. The van der Waals surface area contributed by atoms with Crippen molar-refractivity contribution in [1.82, 2.24) is 0 Å². The van der Waals surface area contributed by atoms with Crippen molar-refractivity contribution in [2.75, 3.05) is 0 Å². The summed E-state index contributed by atoms with van der Waals surface area (Å²) < 4.78 is 5.44. The summed E-state index contributed by atoms with van der Waals surface area (Å²) in [6.45, 7) is 3.86. The zero-order chi connectivity index (χ0) is 12.3. The maximum Gasteiger partial charge on any atom is 0.314 e. The summed E-state index contributed by atoms with van der Waals surface area (Å²) in [7, 11) is 0. The molecule has 2 heteroatoms. The van der Waals surface area contributed by atoms with Gasteiger partial charge in [-0.15, -0.1) is 0 Å². The molecule has 2 nitrogen and oxygen atoms in total. The fourth-order valence-electron chi connectivity index (χ4n) is 1.66. The van der Waals surface area contributed by atoms with Crippen LogP contribution in [0.5, 0.6) is 5.75 Å². The van der Waals surface area contributed by atoms with Crippen LogP contribution in [0.15, 0.2) is 42.5 Å². The van der Waals surface area contributed by atoms with E-state index in [-0.39, 0.29) is 26.7 Å². The highest BCUT2D eigenvalue weighted by molar-refractivity contribution is 5.90. The largest absolute Gasteiger partial charge is 0.426 e. The van der Waals surface area contributed by atoms with E-state index in [1.54, 1.807) is 0 Å². The van der Waals surface area contributed by atoms with Crippen LogP contribution in [0.25, 0.3) is 10.8 Å². The first-order valence-electron chi connectivity index (χ1n) is 5.92. The van der Waals surface area contributed by atoms with Gasteiger partial charge in [0.1, 0.15) is 5.75 Å². The van der Waals surface area contributed by atoms with Gasteiger partial charge in [0.2, 0.25) is 0 Å². The van der Waals surface area contributed by atoms with Gasteiger partial charge in [-0.1, -0.05) is 65.1 Å². The van der Waals surface area contributed by atoms with E-state index in [9.17, 15) is 4.79 Å². The number of esters is 1. The average molecular weight is 260 g/mol. The van der Waals surface area contributed by atoms with Crippen LogP contribution in [-0.4, -0.2) is 5.97 Å². The van der Waals surface area contributed by atoms with Gasteiger partial charge in [-0.2, -0.15) is 0 Å². The Kier molecular flexibility index (Phi) is 6.84. The lowest BCUT2D eigenvalue weighted by Gasteiger charge is -2.10. The summed E-state index contributed by atoms with van der Waals surface area (Å²) in [5.41, 5.74) is 0. The molecule has 0 radical (unpaired) electrons. The number of ether oxygens (including phenoxy) is 1. The Hall–Kier alpha value is -1.83. The molecule has 0 aliphatic rings. The van der Waals surface area contributed by atoms with Gasteiger partial charge in [0.15, 0.2) is 0 Å². The molecule has 0 saturated heterocycles. The van der Waals surface area contributed by atoms with Gasteiger partial charge in [0, 0.05) is 5.39 Å². The molecule has 0 spiro atoms. The van der Waals surface area contributed by atoms with E-state index < -0.39 is 0 Å². The molecular formula is C17H24O2. The SMILES string of the molecule is C.C.CCC(C)C(=O)Oc1cccc2ccccc12. The maximum atomic E-state index is 11.8. The Morgan fingerprint density at radius 2 is 1.74 bits per heavy atom. The van der Waals surface area contributed by atoms with E-state index in [0.717, 1.165) is 17.2 Å². The molecule has 2 aromatic carbocycles. The molecule has 0 aliphatic carbocycles. The third-order valence-electron chi connectivity index (χ3n) is 2.97. The molecule has 0 heterocycles. The van der Waals surface area contributed by atoms with Crippen LogP contribution in [0.2, 0.25) is 0 Å². The second kappa shape index (κ2) is 7.57. The van der Waals surface area contributed by atoms with Crippen molar-refractivity contribution in [3.05, 3.63) is 42.5 Å². The third-order valence-corrected chi connectivity index (χ3v) is 2.97. The summed E-state index contributed by atoms with van der Waals surface area (Å²) in [5, 5.41) is 2.06. The van der Waals surface area contributed by atoms with E-state index in [2.05, 4.69) is 0 Å². The van der Waals surface area contributed by atoms with Crippen LogP contribution >= 0.6 is 0 Å². The van der Waals surface area contributed by atoms with Crippen LogP contribution in [0.3, 0.4) is 0 Å². The summed E-state index contributed by atoms with van der Waals surface area (Å²) >= 11 is 0. The zero-order valence-corrected chi connectivity index (χ0v) is 10.1. The predicted molar refractivity (Wildman–Crippen MR) is 82.5 cm³/mol. The molecule has 0 aliphatic heterocycles. The second-order valence-electron chi connectivity index (χ2n) is 4.21. The molecule has 0 N–H and O–H groups in total. The van der Waals surface area contributed by atoms with Gasteiger partial charge in [0.05, 0.1) is 5.92 Å². The molecule has 0 bridgehead atoms. The van der Waals surface area contributed by atoms with Crippen molar-refractivity contribution in [3.63, 3.8) is 0 Å².